The summed E-state index contributed by atoms with van der Waals surface area (Å²) in [7, 11) is -3.58. The molecular weight excluding hydrogens is 314 g/mol. The topological polar surface area (TPSA) is 85.1 Å². The van der Waals surface area contributed by atoms with Crippen LogP contribution in [0, 0.1) is 6.92 Å². The van der Waals surface area contributed by atoms with Gasteiger partial charge in [0.15, 0.2) is 0 Å². The molecule has 0 amide bonds. The fraction of sp³-hybridized carbons (Fsp3) is 0.167. The Balaban J connectivity index is 2.11. The molecule has 2 aromatic heterocycles. The van der Waals surface area contributed by atoms with Crippen molar-refractivity contribution in [2.24, 2.45) is 5.73 Å². The van der Waals surface area contributed by atoms with Crippen LogP contribution in [-0.4, -0.2) is 18.4 Å². The van der Waals surface area contributed by atoms with Gasteiger partial charge in [0.2, 0.25) is 10.0 Å². The van der Waals surface area contributed by atoms with Gasteiger partial charge in [0.1, 0.15) is 9.88 Å². The Morgan fingerprint density at radius 3 is 2.65 bits per heavy atom. The van der Waals surface area contributed by atoms with E-state index in [1.165, 1.54) is 18.3 Å². The number of thiophene rings is 1. The predicted molar refractivity (Wildman–Crippen MR) is 83.2 cm³/mol. The maximum absolute atomic E-state index is 12.1. The van der Waals surface area contributed by atoms with Crippen molar-refractivity contribution < 1.29 is 8.42 Å². The quantitative estimate of drug-likeness (QED) is 0.814. The van der Waals surface area contributed by atoms with E-state index >= 15 is 0 Å². The molecule has 0 saturated carbocycles. The molecule has 20 heavy (non-hydrogen) atoms. The summed E-state index contributed by atoms with van der Waals surface area (Å²) < 4.78 is 26.7. The first-order valence-electron chi connectivity index (χ1n) is 5.69. The number of rotatable bonds is 5. The minimum absolute atomic E-state index is 0.0887. The van der Waals surface area contributed by atoms with Gasteiger partial charge in [-0.05, 0) is 31.2 Å². The van der Waals surface area contributed by atoms with Crippen molar-refractivity contribution in [3.63, 3.8) is 0 Å². The maximum Gasteiger partial charge on any atom is 0.242 e. The lowest BCUT2D eigenvalue weighted by molar-refractivity contribution is 0.581. The molecule has 0 fully saturated rings. The van der Waals surface area contributed by atoms with Gasteiger partial charge in [-0.3, -0.25) is 4.98 Å². The van der Waals surface area contributed by atoms with Crippen LogP contribution in [0.5, 0.6) is 0 Å². The van der Waals surface area contributed by atoms with Crippen molar-refractivity contribution in [1.82, 2.24) is 9.71 Å². The summed E-state index contributed by atoms with van der Waals surface area (Å²) in [5.74, 6) is 0. The zero-order valence-corrected chi connectivity index (χ0v) is 13.1. The van der Waals surface area contributed by atoms with Crippen molar-refractivity contribution in [3.8, 4) is 0 Å². The first-order valence-corrected chi connectivity index (χ1v) is 8.40. The summed E-state index contributed by atoms with van der Waals surface area (Å²) in [6.45, 7) is 2.24. The third-order valence-electron chi connectivity index (χ3n) is 2.53. The number of nitrogens with two attached hydrogens (primary N) is 1. The lowest BCUT2D eigenvalue weighted by Gasteiger charge is -2.06. The fourth-order valence-corrected chi connectivity index (χ4v) is 3.51. The van der Waals surface area contributed by atoms with E-state index in [2.05, 4.69) is 9.71 Å². The van der Waals surface area contributed by atoms with Crippen LogP contribution in [0.4, 0.5) is 0 Å². The molecule has 2 rings (SSSR count). The van der Waals surface area contributed by atoms with Crippen molar-refractivity contribution in [3.05, 3.63) is 45.9 Å². The highest BCUT2D eigenvalue weighted by Gasteiger charge is 2.14. The molecule has 0 spiro atoms. The molecule has 0 bridgehead atoms. The molecule has 0 unspecified atom stereocenters. The highest BCUT2D eigenvalue weighted by atomic mass is 32.2. The second-order valence-corrected chi connectivity index (χ2v) is 7.66. The van der Waals surface area contributed by atoms with E-state index in [1.54, 1.807) is 11.3 Å². The molecule has 0 aromatic carbocycles. The van der Waals surface area contributed by atoms with E-state index in [0.29, 0.717) is 5.69 Å². The number of aromatic nitrogens is 1. The average molecular weight is 327 g/mol. The van der Waals surface area contributed by atoms with Gasteiger partial charge in [-0.2, -0.15) is 0 Å². The van der Waals surface area contributed by atoms with E-state index < -0.39 is 10.0 Å². The number of aryl methyl sites for hydroxylation is 1. The summed E-state index contributed by atoms with van der Waals surface area (Å²) in [6, 6.07) is 6.78. The zero-order chi connectivity index (χ0) is 14.8. The molecule has 2 heterocycles. The Bertz CT molecular complexity index is 721. The molecule has 0 aliphatic carbocycles. The number of pyridine rings is 1. The fourth-order valence-electron chi connectivity index (χ4n) is 1.51. The summed E-state index contributed by atoms with van der Waals surface area (Å²) in [5.41, 5.74) is 5.81. The van der Waals surface area contributed by atoms with Crippen LogP contribution >= 0.6 is 23.6 Å². The van der Waals surface area contributed by atoms with Gasteiger partial charge in [0, 0.05) is 22.5 Å². The lowest BCUT2D eigenvalue weighted by Crippen LogP contribution is -2.23. The highest BCUT2D eigenvalue weighted by Crippen LogP contribution is 2.16. The molecule has 0 aliphatic heterocycles. The normalized spacial score (nSPS) is 11.4. The van der Waals surface area contributed by atoms with E-state index in [-0.39, 0.29) is 16.4 Å². The summed E-state index contributed by atoms with van der Waals surface area (Å²) in [5, 5.41) is 0. The van der Waals surface area contributed by atoms with Crippen molar-refractivity contribution >= 4 is 38.6 Å². The molecule has 3 N–H and O–H groups in total. The molecule has 0 saturated heterocycles. The number of nitrogens with zero attached hydrogens (tertiary/aromatic N) is 1. The molecule has 0 radical (unpaired) electrons. The summed E-state index contributed by atoms with van der Waals surface area (Å²) >= 11 is 6.32. The second-order valence-electron chi connectivity index (χ2n) is 4.08. The first kappa shape index (κ1) is 15.0. The Kier molecular flexibility index (Phi) is 4.48. The average Bonchev–Trinajstić information content (AvgIpc) is 2.82. The first-order chi connectivity index (χ1) is 9.38. The number of hydrogen-bond donors (Lipinski definition) is 2. The van der Waals surface area contributed by atoms with Gasteiger partial charge in [-0.15, -0.1) is 11.3 Å². The minimum Gasteiger partial charge on any atom is -0.388 e. The van der Waals surface area contributed by atoms with Crippen molar-refractivity contribution in [1.29, 1.82) is 0 Å². The molecular formula is C12H13N3O2S3. The van der Waals surface area contributed by atoms with Crippen molar-refractivity contribution in [2.45, 2.75) is 18.4 Å². The third-order valence-corrected chi connectivity index (χ3v) is 5.13. The smallest absolute Gasteiger partial charge is 0.242 e. The van der Waals surface area contributed by atoms with Crippen LogP contribution in [0.2, 0.25) is 0 Å². The van der Waals surface area contributed by atoms with Gasteiger partial charge in [0.05, 0.1) is 5.69 Å². The van der Waals surface area contributed by atoms with Gasteiger partial charge < -0.3 is 5.73 Å². The van der Waals surface area contributed by atoms with Crippen molar-refractivity contribution in [2.75, 3.05) is 0 Å². The maximum atomic E-state index is 12.1. The Labute approximate surface area is 126 Å². The summed E-state index contributed by atoms with van der Waals surface area (Å²) in [6.07, 6.45) is 1.25. The number of sulfonamides is 1. The lowest BCUT2D eigenvalue weighted by atomic mass is 10.3. The Morgan fingerprint density at radius 2 is 2.15 bits per heavy atom. The SMILES string of the molecule is Cc1ccc(CNS(=O)(=O)c2ccc(C(N)=S)nc2)s1. The van der Waals surface area contributed by atoms with Crippen LogP contribution < -0.4 is 10.5 Å². The predicted octanol–water partition coefficient (Wildman–Crippen LogP) is 1.56. The van der Waals surface area contributed by atoms with Gasteiger partial charge in [0.25, 0.3) is 0 Å². The van der Waals surface area contributed by atoms with E-state index in [0.717, 1.165) is 9.75 Å². The molecule has 5 nitrogen and oxygen atoms in total. The van der Waals surface area contributed by atoms with Crippen LogP contribution in [-0.2, 0) is 16.6 Å². The van der Waals surface area contributed by atoms with Gasteiger partial charge >= 0.3 is 0 Å². The molecule has 2 aromatic rings. The monoisotopic (exact) mass is 327 g/mol. The highest BCUT2D eigenvalue weighted by molar-refractivity contribution is 7.89. The molecule has 0 aliphatic rings. The van der Waals surface area contributed by atoms with Gasteiger partial charge in [-0.1, -0.05) is 12.2 Å². The largest absolute Gasteiger partial charge is 0.388 e. The molecule has 106 valence electrons. The summed E-state index contributed by atoms with van der Waals surface area (Å²) in [4.78, 5) is 6.24. The number of nitrogens with one attached hydrogen (secondary N) is 1. The van der Waals surface area contributed by atoms with E-state index in [9.17, 15) is 8.42 Å². The Hall–Kier alpha value is -1.35. The second kappa shape index (κ2) is 5.96. The minimum atomic E-state index is -3.58. The van der Waals surface area contributed by atoms with Crippen LogP contribution in [0.1, 0.15) is 15.4 Å². The number of thiocarbonyl (C=S) groups is 1. The zero-order valence-electron chi connectivity index (χ0n) is 10.7. The number of hydrogen-bond acceptors (Lipinski definition) is 5. The Morgan fingerprint density at radius 1 is 1.40 bits per heavy atom. The van der Waals surface area contributed by atoms with Gasteiger partial charge in [-0.25, -0.2) is 13.1 Å². The van der Waals surface area contributed by atoms with Crippen LogP contribution in [0.15, 0.2) is 35.4 Å². The van der Waals surface area contributed by atoms with Crippen LogP contribution in [0.25, 0.3) is 0 Å². The molecule has 0 atom stereocenters. The van der Waals surface area contributed by atoms with E-state index in [4.69, 9.17) is 18.0 Å². The van der Waals surface area contributed by atoms with E-state index in [1.807, 2.05) is 19.1 Å². The standard InChI is InChI=1S/C12H13N3O2S3/c1-8-2-3-9(19-8)6-15-20(16,17)10-4-5-11(12(13)18)14-7-10/h2-5,7,15H,6H2,1H3,(H2,13,18). The third kappa shape index (κ3) is 3.60. The van der Waals surface area contributed by atoms with Crippen LogP contribution in [0.3, 0.4) is 0 Å². The molecule has 8 heteroatoms.